The first-order valence-electron chi connectivity index (χ1n) is 7.20. The molecule has 0 heterocycles. The van der Waals surface area contributed by atoms with E-state index >= 15 is 0 Å². The Kier molecular flexibility index (Phi) is 10.4. The first-order chi connectivity index (χ1) is 8.06. The summed E-state index contributed by atoms with van der Waals surface area (Å²) < 4.78 is 5.33. The van der Waals surface area contributed by atoms with Gasteiger partial charge in [0.15, 0.2) is 0 Å². The minimum atomic E-state index is -1.24. The zero-order valence-corrected chi connectivity index (χ0v) is 13.3. The van der Waals surface area contributed by atoms with Gasteiger partial charge in [-0.25, -0.2) is 0 Å². The van der Waals surface area contributed by atoms with Gasteiger partial charge in [0.2, 0.25) is 0 Å². The van der Waals surface area contributed by atoms with Crippen molar-refractivity contribution in [2.75, 3.05) is 6.61 Å². The number of unbranched alkanes of at least 4 members (excludes halogenated alkanes) is 7. The topological polar surface area (TPSA) is 9.23 Å². The molecular formula is C15H30OSi. The lowest BCUT2D eigenvalue weighted by molar-refractivity contribution is 0.267. The van der Waals surface area contributed by atoms with Crippen LogP contribution in [0.4, 0.5) is 0 Å². The van der Waals surface area contributed by atoms with E-state index in [1.807, 2.05) is 0 Å². The summed E-state index contributed by atoms with van der Waals surface area (Å²) in [5.41, 5.74) is 3.21. The third kappa shape index (κ3) is 15.6. The van der Waals surface area contributed by atoms with E-state index in [4.69, 9.17) is 4.74 Å². The molecule has 0 unspecified atom stereocenters. The Morgan fingerprint density at radius 3 is 1.88 bits per heavy atom. The van der Waals surface area contributed by atoms with Gasteiger partial charge < -0.3 is 4.74 Å². The molecule has 100 valence electrons. The van der Waals surface area contributed by atoms with Crippen molar-refractivity contribution in [2.24, 2.45) is 0 Å². The summed E-state index contributed by atoms with van der Waals surface area (Å²) in [4.78, 5) is 0. The van der Waals surface area contributed by atoms with Crippen molar-refractivity contribution in [2.45, 2.75) is 77.9 Å². The third-order valence-corrected chi connectivity index (χ3v) is 3.45. The lowest BCUT2D eigenvalue weighted by Gasteiger charge is -2.03. The Morgan fingerprint density at radius 2 is 1.35 bits per heavy atom. The molecule has 0 saturated carbocycles. The van der Waals surface area contributed by atoms with Gasteiger partial charge in [-0.1, -0.05) is 77.1 Å². The Hall–Kier alpha value is -0.423. The molecule has 0 aliphatic heterocycles. The Balaban J connectivity index is 3.16. The molecule has 0 bridgehead atoms. The van der Waals surface area contributed by atoms with Crippen molar-refractivity contribution in [3.8, 4) is 11.7 Å². The largest absolute Gasteiger partial charge is 0.447 e. The van der Waals surface area contributed by atoms with Gasteiger partial charge in [-0.05, 0) is 6.42 Å². The van der Waals surface area contributed by atoms with Gasteiger partial charge >= 0.3 is 0 Å². The summed E-state index contributed by atoms with van der Waals surface area (Å²) >= 11 is 0. The monoisotopic (exact) mass is 254 g/mol. The Bertz CT molecular complexity index is 219. The van der Waals surface area contributed by atoms with Gasteiger partial charge in [0.25, 0.3) is 0 Å². The first-order valence-corrected chi connectivity index (χ1v) is 10.7. The van der Waals surface area contributed by atoms with E-state index in [0.29, 0.717) is 0 Å². The molecule has 0 spiro atoms. The van der Waals surface area contributed by atoms with E-state index in [0.717, 1.165) is 13.0 Å². The standard InChI is InChI=1S/C15H30OSi/c1-5-6-7-8-9-10-11-12-13-16-14-15-17(2,3)4/h5-13H2,1-4H3. The average molecular weight is 254 g/mol. The van der Waals surface area contributed by atoms with E-state index in [2.05, 4.69) is 38.2 Å². The van der Waals surface area contributed by atoms with E-state index < -0.39 is 8.07 Å². The Morgan fingerprint density at radius 1 is 0.824 bits per heavy atom. The van der Waals surface area contributed by atoms with Crippen LogP contribution in [-0.2, 0) is 4.74 Å². The maximum absolute atomic E-state index is 5.33. The van der Waals surface area contributed by atoms with Crippen molar-refractivity contribution in [3.63, 3.8) is 0 Å². The molecule has 0 aromatic carbocycles. The van der Waals surface area contributed by atoms with Crippen LogP contribution in [0, 0.1) is 11.7 Å². The van der Waals surface area contributed by atoms with Crippen molar-refractivity contribution in [1.82, 2.24) is 0 Å². The van der Waals surface area contributed by atoms with Gasteiger partial charge in [-0.15, -0.1) is 0 Å². The maximum atomic E-state index is 5.33. The predicted octanol–water partition coefficient (Wildman–Crippen LogP) is 4.98. The SMILES string of the molecule is CCCCCCCCCCOC#C[Si](C)(C)C. The summed E-state index contributed by atoms with van der Waals surface area (Å²) in [6, 6.07) is 0. The number of rotatable bonds is 9. The highest BCUT2D eigenvalue weighted by Crippen LogP contribution is 2.08. The molecule has 0 radical (unpaired) electrons. The van der Waals surface area contributed by atoms with Crippen LogP contribution >= 0.6 is 0 Å². The minimum absolute atomic E-state index is 0.812. The molecule has 0 saturated heterocycles. The normalized spacial score (nSPS) is 10.8. The molecule has 0 fully saturated rings. The zero-order chi connectivity index (χ0) is 13.0. The van der Waals surface area contributed by atoms with Crippen LogP contribution < -0.4 is 0 Å². The van der Waals surface area contributed by atoms with Gasteiger partial charge in [-0.2, -0.15) is 0 Å². The van der Waals surface area contributed by atoms with Gasteiger partial charge in [0, 0.05) is 0 Å². The van der Waals surface area contributed by atoms with Crippen LogP contribution in [0.3, 0.4) is 0 Å². The molecule has 0 aliphatic rings. The van der Waals surface area contributed by atoms with Crippen LogP contribution in [-0.4, -0.2) is 14.7 Å². The lowest BCUT2D eigenvalue weighted by atomic mass is 10.1. The highest BCUT2D eigenvalue weighted by molar-refractivity contribution is 6.83. The van der Waals surface area contributed by atoms with E-state index in [9.17, 15) is 0 Å². The van der Waals surface area contributed by atoms with Crippen LogP contribution in [0.5, 0.6) is 0 Å². The van der Waals surface area contributed by atoms with Crippen LogP contribution in [0.2, 0.25) is 19.6 Å². The zero-order valence-electron chi connectivity index (χ0n) is 12.3. The molecule has 2 heteroatoms. The second-order valence-electron chi connectivity index (χ2n) is 5.80. The summed E-state index contributed by atoms with van der Waals surface area (Å²) in [5, 5.41) is 0. The highest BCUT2D eigenvalue weighted by atomic mass is 28.3. The third-order valence-electron chi connectivity index (χ3n) is 2.60. The fourth-order valence-corrected chi connectivity index (χ4v) is 1.93. The van der Waals surface area contributed by atoms with Crippen molar-refractivity contribution in [1.29, 1.82) is 0 Å². The van der Waals surface area contributed by atoms with Crippen molar-refractivity contribution in [3.05, 3.63) is 0 Å². The summed E-state index contributed by atoms with van der Waals surface area (Å²) in [7, 11) is -1.24. The fourth-order valence-electron chi connectivity index (χ4n) is 1.55. The second kappa shape index (κ2) is 10.7. The second-order valence-corrected chi connectivity index (χ2v) is 10.6. The molecule has 1 nitrogen and oxygen atoms in total. The summed E-state index contributed by atoms with van der Waals surface area (Å²) in [6.07, 6.45) is 13.6. The fraction of sp³-hybridized carbons (Fsp3) is 0.867. The molecule has 0 aliphatic carbocycles. The highest BCUT2D eigenvalue weighted by Gasteiger charge is 2.07. The molecular weight excluding hydrogens is 224 g/mol. The molecule has 0 amide bonds. The molecule has 0 aromatic heterocycles. The van der Waals surface area contributed by atoms with Gasteiger partial charge in [0.1, 0.15) is 14.2 Å². The van der Waals surface area contributed by atoms with Crippen LogP contribution in [0.25, 0.3) is 0 Å². The van der Waals surface area contributed by atoms with E-state index in [-0.39, 0.29) is 0 Å². The first kappa shape index (κ1) is 16.6. The molecule has 17 heavy (non-hydrogen) atoms. The summed E-state index contributed by atoms with van der Waals surface area (Å²) in [6.45, 7) is 9.78. The molecule has 0 aromatic rings. The van der Waals surface area contributed by atoms with Crippen LogP contribution in [0.15, 0.2) is 0 Å². The number of hydrogen-bond donors (Lipinski definition) is 0. The molecule has 0 atom stereocenters. The van der Waals surface area contributed by atoms with Crippen molar-refractivity contribution < 1.29 is 4.74 Å². The molecule has 0 N–H and O–H groups in total. The van der Waals surface area contributed by atoms with Gasteiger partial charge in [0.05, 0.1) is 6.61 Å². The Labute approximate surface area is 109 Å². The van der Waals surface area contributed by atoms with Crippen LogP contribution in [0.1, 0.15) is 58.3 Å². The maximum Gasteiger partial charge on any atom is 0.133 e. The average Bonchev–Trinajstić information content (AvgIpc) is 2.24. The number of hydrogen-bond acceptors (Lipinski definition) is 1. The van der Waals surface area contributed by atoms with Gasteiger partial charge in [-0.3, -0.25) is 0 Å². The molecule has 0 rings (SSSR count). The quantitative estimate of drug-likeness (QED) is 0.320. The predicted molar refractivity (Wildman–Crippen MR) is 79.7 cm³/mol. The van der Waals surface area contributed by atoms with E-state index in [1.54, 1.807) is 0 Å². The number of ether oxygens (including phenoxy) is 1. The van der Waals surface area contributed by atoms with E-state index in [1.165, 1.54) is 44.9 Å². The smallest absolute Gasteiger partial charge is 0.133 e. The summed E-state index contributed by atoms with van der Waals surface area (Å²) in [5.74, 6) is 0. The lowest BCUT2D eigenvalue weighted by Crippen LogP contribution is -2.16. The van der Waals surface area contributed by atoms with Crippen molar-refractivity contribution >= 4 is 8.07 Å². The minimum Gasteiger partial charge on any atom is -0.447 e.